The molecule has 2 rings (SSSR count). The molecule has 0 atom stereocenters. The number of hydrogen-bond acceptors (Lipinski definition) is 3. The quantitative estimate of drug-likeness (QED) is 0.826. The van der Waals surface area contributed by atoms with Crippen molar-refractivity contribution in [2.45, 2.75) is 18.3 Å². The lowest BCUT2D eigenvalue weighted by Crippen LogP contribution is -2.19. The van der Waals surface area contributed by atoms with Gasteiger partial charge in [0.05, 0.1) is 6.26 Å². The number of rotatable bonds is 4. The predicted octanol–water partition coefficient (Wildman–Crippen LogP) is 1.05. The minimum Gasteiger partial charge on any atom is -0.330 e. The summed E-state index contributed by atoms with van der Waals surface area (Å²) in [5.74, 6) is 0. The van der Waals surface area contributed by atoms with Crippen molar-refractivity contribution in [1.29, 1.82) is 0 Å². The van der Waals surface area contributed by atoms with Crippen LogP contribution in [0.2, 0.25) is 0 Å². The van der Waals surface area contributed by atoms with E-state index in [-0.39, 0.29) is 5.41 Å². The van der Waals surface area contributed by atoms with Crippen molar-refractivity contribution in [1.82, 2.24) is 0 Å². The molecule has 1 aromatic rings. The molecule has 1 fully saturated rings. The Kier molecular flexibility index (Phi) is 2.67. The first-order valence-corrected chi connectivity index (χ1v) is 7.13. The molecule has 0 saturated heterocycles. The van der Waals surface area contributed by atoms with Crippen LogP contribution in [-0.4, -0.2) is 21.2 Å². The molecule has 1 aromatic carbocycles. The molecule has 0 spiro atoms. The molecule has 1 saturated carbocycles. The normalized spacial score (nSPS) is 18.1. The van der Waals surface area contributed by atoms with Gasteiger partial charge in [0, 0.05) is 17.6 Å². The van der Waals surface area contributed by atoms with Crippen LogP contribution < -0.4 is 10.5 Å². The fraction of sp³-hybridized carbons (Fsp3) is 0.455. The summed E-state index contributed by atoms with van der Waals surface area (Å²) in [5.41, 5.74) is 7.68. The smallest absolute Gasteiger partial charge is 0.229 e. The summed E-state index contributed by atoms with van der Waals surface area (Å²) in [6.45, 7) is 0.659. The van der Waals surface area contributed by atoms with E-state index >= 15 is 0 Å². The Hall–Kier alpha value is -1.07. The van der Waals surface area contributed by atoms with E-state index in [9.17, 15) is 8.42 Å². The van der Waals surface area contributed by atoms with E-state index in [1.54, 1.807) is 12.1 Å². The van der Waals surface area contributed by atoms with Crippen molar-refractivity contribution in [3.05, 3.63) is 29.8 Å². The average molecular weight is 240 g/mol. The highest BCUT2D eigenvalue weighted by atomic mass is 32.2. The fourth-order valence-electron chi connectivity index (χ4n) is 1.87. The van der Waals surface area contributed by atoms with Gasteiger partial charge in [0.15, 0.2) is 0 Å². The summed E-state index contributed by atoms with van der Waals surface area (Å²) < 4.78 is 24.5. The number of hydrogen-bond donors (Lipinski definition) is 2. The predicted molar refractivity (Wildman–Crippen MR) is 64.9 cm³/mol. The van der Waals surface area contributed by atoms with Gasteiger partial charge in [-0.3, -0.25) is 4.72 Å². The van der Waals surface area contributed by atoms with Crippen molar-refractivity contribution in [2.24, 2.45) is 5.73 Å². The van der Waals surface area contributed by atoms with E-state index in [4.69, 9.17) is 5.73 Å². The lowest BCUT2D eigenvalue weighted by Gasteiger charge is -2.13. The topological polar surface area (TPSA) is 72.2 Å². The van der Waals surface area contributed by atoms with E-state index < -0.39 is 10.0 Å². The third-order valence-corrected chi connectivity index (χ3v) is 3.65. The summed E-state index contributed by atoms with van der Waals surface area (Å²) in [7, 11) is -3.19. The first kappa shape index (κ1) is 11.4. The number of anilines is 1. The minimum absolute atomic E-state index is 0.156. The standard InChI is InChI=1S/C11H16N2O2S/c1-16(14,15)13-10-4-2-9(3-5-10)11(8-12)6-7-11/h2-5,13H,6-8,12H2,1H3. The molecule has 0 aromatic heterocycles. The Morgan fingerprint density at radius 1 is 1.31 bits per heavy atom. The maximum atomic E-state index is 11.0. The maximum Gasteiger partial charge on any atom is 0.229 e. The zero-order chi connectivity index (χ0) is 11.8. The molecule has 0 bridgehead atoms. The molecular weight excluding hydrogens is 224 g/mol. The van der Waals surface area contributed by atoms with Crippen LogP contribution in [0.4, 0.5) is 5.69 Å². The zero-order valence-electron chi connectivity index (χ0n) is 9.23. The van der Waals surface area contributed by atoms with Crippen LogP contribution in [0.25, 0.3) is 0 Å². The molecule has 16 heavy (non-hydrogen) atoms. The van der Waals surface area contributed by atoms with Gasteiger partial charge in [0.1, 0.15) is 0 Å². The van der Waals surface area contributed by atoms with Crippen LogP contribution in [0.3, 0.4) is 0 Å². The van der Waals surface area contributed by atoms with Crippen LogP contribution in [0.15, 0.2) is 24.3 Å². The number of nitrogens with two attached hydrogens (primary N) is 1. The second kappa shape index (κ2) is 3.75. The highest BCUT2D eigenvalue weighted by molar-refractivity contribution is 7.92. The molecule has 5 heteroatoms. The molecule has 1 aliphatic carbocycles. The van der Waals surface area contributed by atoms with Gasteiger partial charge in [-0.2, -0.15) is 0 Å². The molecule has 0 unspecified atom stereocenters. The van der Waals surface area contributed by atoms with E-state index in [2.05, 4.69) is 4.72 Å². The Morgan fingerprint density at radius 3 is 2.25 bits per heavy atom. The van der Waals surface area contributed by atoms with Crippen molar-refractivity contribution < 1.29 is 8.42 Å². The maximum absolute atomic E-state index is 11.0. The first-order valence-electron chi connectivity index (χ1n) is 5.24. The third kappa shape index (κ3) is 2.36. The van der Waals surface area contributed by atoms with Gasteiger partial charge in [-0.1, -0.05) is 12.1 Å². The van der Waals surface area contributed by atoms with Crippen LogP contribution in [0.1, 0.15) is 18.4 Å². The molecule has 3 N–H and O–H groups in total. The van der Waals surface area contributed by atoms with Gasteiger partial charge < -0.3 is 5.73 Å². The zero-order valence-corrected chi connectivity index (χ0v) is 10.0. The van der Waals surface area contributed by atoms with E-state index in [0.29, 0.717) is 12.2 Å². The molecule has 88 valence electrons. The van der Waals surface area contributed by atoms with E-state index in [0.717, 1.165) is 19.1 Å². The summed E-state index contributed by atoms with van der Waals surface area (Å²) in [4.78, 5) is 0. The lowest BCUT2D eigenvalue weighted by atomic mass is 9.96. The van der Waals surface area contributed by atoms with Crippen LogP contribution >= 0.6 is 0 Å². The van der Waals surface area contributed by atoms with Gasteiger partial charge in [-0.25, -0.2) is 8.42 Å². The monoisotopic (exact) mass is 240 g/mol. The van der Waals surface area contributed by atoms with Crippen LogP contribution in [0.5, 0.6) is 0 Å². The summed E-state index contributed by atoms with van der Waals surface area (Å²) >= 11 is 0. The largest absolute Gasteiger partial charge is 0.330 e. The van der Waals surface area contributed by atoms with Crippen molar-refractivity contribution in [3.8, 4) is 0 Å². The Labute approximate surface area is 95.9 Å². The highest BCUT2D eigenvalue weighted by Gasteiger charge is 2.42. The SMILES string of the molecule is CS(=O)(=O)Nc1ccc(C2(CN)CC2)cc1. The van der Waals surface area contributed by atoms with E-state index in [1.165, 1.54) is 5.56 Å². The van der Waals surface area contributed by atoms with Crippen molar-refractivity contribution >= 4 is 15.7 Å². The minimum atomic E-state index is -3.19. The van der Waals surface area contributed by atoms with Crippen molar-refractivity contribution in [2.75, 3.05) is 17.5 Å². The van der Waals surface area contributed by atoms with Crippen LogP contribution in [0, 0.1) is 0 Å². The van der Waals surface area contributed by atoms with Gasteiger partial charge in [0.25, 0.3) is 0 Å². The average Bonchev–Trinajstić information content (AvgIpc) is 2.97. The van der Waals surface area contributed by atoms with E-state index in [1.807, 2.05) is 12.1 Å². The molecule has 1 aliphatic rings. The second-order valence-corrected chi connectivity index (χ2v) is 6.18. The van der Waals surface area contributed by atoms with Crippen LogP contribution in [-0.2, 0) is 15.4 Å². The molecule has 0 aliphatic heterocycles. The Balaban J connectivity index is 2.17. The van der Waals surface area contributed by atoms with Gasteiger partial charge >= 0.3 is 0 Å². The molecule has 0 amide bonds. The van der Waals surface area contributed by atoms with Crippen molar-refractivity contribution in [3.63, 3.8) is 0 Å². The summed E-state index contributed by atoms with van der Waals surface area (Å²) in [6, 6.07) is 7.47. The summed E-state index contributed by atoms with van der Waals surface area (Å²) in [6.07, 6.45) is 3.40. The second-order valence-electron chi connectivity index (χ2n) is 4.44. The molecule has 0 heterocycles. The molecule has 0 radical (unpaired) electrons. The fourth-order valence-corrected chi connectivity index (χ4v) is 2.43. The number of nitrogens with one attached hydrogen (secondary N) is 1. The third-order valence-electron chi connectivity index (χ3n) is 3.04. The molecular formula is C11H16N2O2S. The van der Waals surface area contributed by atoms with Gasteiger partial charge in [-0.05, 0) is 30.5 Å². The lowest BCUT2D eigenvalue weighted by molar-refractivity contribution is 0.607. The highest BCUT2D eigenvalue weighted by Crippen LogP contribution is 2.47. The van der Waals surface area contributed by atoms with Gasteiger partial charge in [-0.15, -0.1) is 0 Å². The summed E-state index contributed by atoms with van der Waals surface area (Å²) in [5, 5.41) is 0. The first-order chi connectivity index (χ1) is 7.45. The Morgan fingerprint density at radius 2 is 1.88 bits per heavy atom. The Bertz CT molecular complexity index is 475. The number of sulfonamides is 1. The number of benzene rings is 1. The van der Waals surface area contributed by atoms with Gasteiger partial charge in [0.2, 0.25) is 10.0 Å². The molecule has 4 nitrogen and oxygen atoms in total.